The smallest absolute Gasteiger partial charge is 0.0823 e. The van der Waals surface area contributed by atoms with Crippen LogP contribution >= 0.6 is 14.1 Å². The van der Waals surface area contributed by atoms with Crippen molar-refractivity contribution in [1.82, 2.24) is 0 Å². The minimum absolute atomic E-state index is 0.359. The molecule has 0 spiro atoms. The first-order chi connectivity index (χ1) is 7.62. The van der Waals surface area contributed by atoms with Gasteiger partial charge in [-0.05, 0) is 33.3 Å². The van der Waals surface area contributed by atoms with Gasteiger partial charge in [-0.25, -0.2) is 0 Å². The van der Waals surface area contributed by atoms with Crippen molar-refractivity contribution in [3.05, 3.63) is 0 Å². The zero-order valence-electron chi connectivity index (χ0n) is 14.4. The van der Waals surface area contributed by atoms with Crippen molar-refractivity contribution in [3.63, 3.8) is 0 Å². The van der Waals surface area contributed by atoms with E-state index >= 15 is 0 Å². The lowest BCUT2D eigenvalue weighted by atomic mass is 9.82. The van der Waals surface area contributed by atoms with Crippen LogP contribution in [0.15, 0.2) is 0 Å². The van der Waals surface area contributed by atoms with Crippen molar-refractivity contribution < 1.29 is 0 Å². The first-order valence-electron chi connectivity index (χ1n) is 7.15. The Morgan fingerprint density at radius 1 is 0.944 bits per heavy atom. The molecule has 1 heterocycles. The summed E-state index contributed by atoms with van der Waals surface area (Å²) < 4.78 is 0. The second-order valence-electron chi connectivity index (χ2n) is 9.35. The Kier molecular flexibility index (Phi) is 4.07. The van der Waals surface area contributed by atoms with Gasteiger partial charge in [0.25, 0.3) is 0 Å². The highest BCUT2D eigenvalue weighted by molar-refractivity contribution is 7.77. The summed E-state index contributed by atoms with van der Waals surface area (Å²) in [7, 11) is -0.924. The largest absolute Gasteiger partial charge is 0.113 e. The highest BCUT2D eigenvalue weighted by Crippen LogP contribution is 2.72. The summed E-state index contributed by atoms with van der Waals surface area (Å²) in [5, 5.41) is 0.439. The molecule has 0 amide bonds. The molecule has 18 heavy (non-hydrogen) atoms. The predicted octanol–water partition coefficient (Wildman–Crippen LogP) is 5.19. The van der Waals surface area contributed by atoms with Gasteiger partial charge in [0, 0.05) is 31.4 Å². The lowest BCUT2D eigenvalue weighted by Crippen LogP contribution is -2.46. The van der Waals surface area contributed by atoms with Crippen LogP contribution in [0.4, 0.5) is 0 Å². The molecular weight excluding hydrogens is 254 g/mol. The molecule has 1 rings (SSSR count). The van der Waals surface area contributed by atoms with E-state index in [9.17, 15) is 0 Å². The summed E-state index contributed by atoms with van der Waals surface area (Å²) in [5.41, 5.74) is 0.872. The van der Waals surface area contributed by atoms with Gasteiger partial charge in [0.05, 0.1) is 11.3 Å². The molecule has 0 aromatic heterocycles. The minimum atomic E-state index is -0.924. The zero-order valence-corrected chi connectivity index (χ0v) is 16.2. The molecule has 0 radical (unpaired) electrons. The van der Waals surface area contributed by atoms with Crippen LogP contribution in [-0.2, 0) is 0 Å². The second kappa shape index (κ2) is 4.36. The molecular formula is C16H35P2+. The maximum absolute atomic E-state index is 2.77. The first kappa shape index (κ1) is 16.8. The molecule has 0 fully saturated rings. The van der Waals surface area contributed by atoms with Crippen LogP contribution in [-0.4, -0.2) is 49.9 Å². The Balaban J connectivity index is 3.48. The molecule has 0 nitrogen and oxygen atoms in total. The SMILES string of the molecule is CC1(C)CP(C)(C)=CC(C)(C)C(C)(C)[P+](C)(C)C1. The van der Waals surface area contributed by atoms with E-state index in [1.54, 1.807) is 0 Å². The fraction of sp³-hybridized carbons (Fsp3) is 0.938. The highest BCUT2D eigenvalue weighted by atomic mass is 31.2. The van der Waals surface area contributed by atoms with E-state index in [-0.39, 0.29) is 0 Å². The van der Waals surface area contributed by atoms with E-state index in [1.807, 2.05) is 0 Å². The van der Waals surface area contributed by atoms with Crippen molar-refractivity contribution in [3.8, 4) is 0 Å². The van der Waals surface area contributed by atoms with Crippen molar-refractivity contribution in [2.24, 2.45) is 10.8 Å². The Morgan fingerprint density at radius 3 is 1.83 bits per heavy atom. The van der Waals surface area contributed by atoms with Crippen LogP contribution in [0.1, 0.15) is 41.5 Å². The van der Waals surface area contributed by atoms with Crippen LogP contribution in [0.2, 0.25) is 0 Å². The average Bonchev–Trinajstić information content (AvgIpc) is 1.93. The van der Waals surface area contributed by atoms with E-state index in [4.69, 9.17) is 0 Å². The molecule has 0 unspecified atom stereocenters. The molecule has 0 N–H and O–H groups in total. The fourth-order valence-electron chi connectivity index (χ4n) is 4.28. The summed E-state index contributed by atoms with van der Waals surface area (Å²) in [6.45, 7) is 24.3. The lowest BCUT2D eigenvalue weighted by Gasteiger charge is -2.51. The van der Waals surface area contributed by atoms with E-state index in [2.05, 4.69) is 74.0 Å². The maximum Gasteiger partial charge on any atom is 0.0823 e. The standard InChI is InChI=1S/C16H35P2/c1-14(2)11-17(7,8)13-15(3,4)16(5,6)18(9,10)12-14/h13H,11-12H2,1-10H3/q+1. The molecule has 1 aliphatic rings. The van der Waals surface area contributed by atoms with Crippen molar-refractivity contribution in [1.29, 1.82) is 0 Å². The van der Waals surface area contributed by atoms with Crippen molar-refractivity contribution in [2.75, 3.05) is 39.0 Å². The number of rotatable bonds is 0. The maximum atomic E-state index is 2.77. The summed E-state index contributed by atoms with van der Waals surface area (Å²) >= 11 is 0. The van der Waals surface area contributed by atoms with Gasteiger partial charge in [-0.15, -0.1) is 6.89 Å². The number of hydrogen-bond donors (Lipinski definition) is 0. The quantitative estimate of drug-likeness (QED) is 0.538. The molecule has 0 atom stereocenters. The molecule has 1 aliphatic heterocycles. The Bertz CT molecular complexity index is 378. The lowest BCUT2D eigenvalue weighted by molar-refractivity contribution is 0.394. The summed E-state index contributed by atoms with van der Waals surface area (Å²) in [5.74, 6) is 2.77. The molecule has 0 saturated carbocycles. The van der Waals surface area contributed by atoms with Gasteiger partial charge < -0.3 is 0 Å². The van der Waals surface area contributed by atoms with Crippen molar-refractivity contribution in [2.45, 2.75) is 46.7 Å². The van der Waals surface area contributed by atoms with Crippen LogP contribution in [0.5, 0.6) is 0 Å². The van der Waals surface area contributed by atoms with Gasteiger partial charge in [0.2, 0.25) is 0 Å². The molecule has 0 aromatic carbocycles. The number of hydrogen-bond acceptors (Lipinski definition) is 0. The van der Waals surface area contributed by atoms with E-state index < -0.39 is 14.1 Å². The van der Waals surface area contributed by atoms with Gasteiger partial charge in [-0.1, -0.05) is 33.5 Å². The van der Waals surface area contributed by atoms with Gasteiger partial charge in [-0.3, -0.25) is 0 Å². The van der Waals surface area contributed by atoms with E-state index in [0.717, 1.165) is 0 Å². The molecule has 0 saturated heterocycles. The van der Waals surface area contributed by atoms with Gasteiger partial charge in [0.15, 0.2) is 0 Å². The summed E-state index contributed by atoms with van der Waals surface area (Å²) in [6, 6.07) is 0. The summed E-state index contributed by atoms with van der Waals surface area (Å²) in [6.07, 6.45) is 2.86. The molecule has 0 aliphatic carbocycles. The first-order valence-corrected chi connectivity index (χ1v) is 13.0. The summed E-state index contributed by atoms with van der Waals surface area (Å²) in [4.78, 5) is 0. The van der Waals surface area contributed by atoms with Gasteiger partial charge >= 0.3 is 0 Å². The third kappa shape index (κ3) is 3.07. The van der Waals surface area contributed by atoms with Gasteiger partial charge in [-0.2, -0.15) is 0 Å². The minimum Gasteiger partial charge on any atom is -0.113 e. The van der Waals surface area contributed by atoms with E-state index in [1.165, 1.54) is 12.3 Å². The van der Waals surface area contributed by atoms with Crippen LogP contribution in [0.25, 0.3) is 0 Å². The molecule has 0 aromatic rings. The molecule has 0 bridgehead atoms. The molecule has 108 valence electrons. The fourth-order valence-corrected chi connectivity index (χ4v) is 13.3. The molecule has 2 heteroatoms. The van der Waals surface area contributed by atoms with E-state index in [0.29, 0.717) is 16.0 Å². The second-order valence-corrected chi connectivity index (χ2v) is 18.3. The van der Waals surface area contributed by atoms with Crippen molar-refractivity contribution >= 4 is 19.9 Å². The van der Waals surface area contributed by atoms with Crippen LogP contribution < -0.4 is 0 Å². The van der Waals surface area contributed by atoms with Gasteiger partial charge in [0.1, 0.15) is 0 Å². The normalized spacial score (nSPS) is 31.9. The Hall–Kier alpha value is 0.730. The third-order valence-electron chi connectivity index (χ3n) is 5.42. The Labute approximate surface area is 117 Å². The zero-order chi connectivity index (χ0) is 14.6. The third-order valence-corrected chi connectivity index (χ3v) is 13.7. The monoisotopic (exact) mass is 289 g/mol. The predicted molar refractivity (Wildman–Crippen MR) is 95.0 cm³/mol. The van der Waals surface area contributed by atoms with Crippen LogP contribution in [0.3, 0.4) is 0 Å². The van der Waals surface area contributed by atoms with Crippen LogP contribution in [0, 0.1) is 10.8 Å². The highest BCUT2D eigenvalue weighted by Gasteiger charge is 2.56. The topological polar surface area (TPSA) is 0 Å². The average molecular weight is 289 g/mol. The Morgan fingerprint density at radius 2 is 1.39 bits per heavy atom.